The van der Waals surface area contributed by atoms with Crippen molar-refractivity contribution in [3.8, 4) is 11.1 Å². The van der Waals surface area contributed by atoms with E-state index < -0.39 is 19.3 Å². The number of anilines is 1. The van der Waals surface area contributed by atoms with E-state index in [1.54, 1.807) is 4.68 Å². The number of benzene rings is 1. The average Bonchev–Trinajstić information content (AvgIpc) is 3.68. The number of aryl methyl sites for hydroxylation is 1. The quantitative estimate of drug-likeness (QED) is 0.0918. The molecule has 3 aromatic heterocycles. The fraction of sp³-hybridized carbons (Fsp3) is 0.605. The first-order chi connectivity index (χ1) is 24.3. The SMILES string of the molecule is CC(C)(C)OC(=O)CCn1cc2c(Cl)c(-c3cn(COCC[Si](C)(C)C)c4nc(N5[C@@H]6CC[C@H]5CC(NC(=O)OC(C)(C)C)C6)cnc34)ccc2n1. The molecule has 0 spiro atoms. The molecule has 3 atom stereocenters. The Morgan fingerprint density at radius 1 is 0.981 bits per heavy atom. The minimum Gasteiger partial charge on any atom is -0.460 e. The number of rotatable bonds is 11. The van der Waals surface area contributed by atoms with E-state index in [-0.39, 0.29) is 36.6 Å². The highest BCUT2D eigenvalue weighted by molar-refractivity contribution is 6.76. The number of fused-ring (bicyclic) bond motifs is 4. The Kier molecular flexibility index (Phi) is 10.7. The lowest BCUT2D eigenvalue weighted by Gasteiger charge is -2.39. The van der Waals surface area contributed by atoms with Gasteiger partial charge in [0.1, 0.15) is 29.3 Å². The summed E-state index contributed by atoms with van der Waals surface area (Å²) < 4.78 is 21.0. The number of piperidine rings is 1. The fourth-order valence-electron chi connectivity index (χ4n) is 7.17. The van der Waals surface area contributed by atoms with Crippen LogP contribution in [0.5, 0.6) is 0 Å². The largest absolute Gasteiger partial charge is 0.460 e. The van der Waals surface area contributed by atoms with Crippen LogP contribution in [0.15, 0.2) is 30.7 Å². The zero-order chi connectivity index (χ0) is 37.6. The van der Waals surface area contributed by atoms with Crippen molar-refractivity contribution in [2.45, 2.75) is 142 Å². The molecule has 1 aromatic carbocycles. The minimum absolute atomic E-state index is 0.0502. The van der Waals surface area contributed by atoms with Gasteiger partial charge in [-0.25, -0.2) is 14.8 Å². The summed E-state index contributed by atoms with van der Waals surface area (Å²) in [6, 6.07) is 5.51. The van der Waals surface area contributed by atoms with E-state index in [4.69, 9.17) is 35.8 Å². The Morgan fingerprint density at radius 2 is 1.67 bits per heavy atom. The van der Waals surface area contributed by atoms with Crippen LogP contribution in [-0.2, 0) is 32.3 Å². The number of halogens is 1. The smallest absolute Gasteiger partial charge is 0.407 e. The molecule has 1 N–H and O–H groups in total. The molecule has 6 rings (SSSR count). The zero-order valence-corrected chi connectivity index (χ0v) is 33.8. The Bertz CT molecular complexity index is 1930. The first-order valence-electron chi connectivity index (χ1n) is 18.4. The van der Waals surface area contributed by atoms with Crippen molar-refractivity contribution in [2.75, 3.05) is 11.5 Å². The van der Waals surface area contributed by atoms with E-state index in [1.807, 2.05) is 76.8 Å². The average molecular weight is 752 g/mol. The van der Waals surface area contributed by atoms with Crippen LogP contribution < -0.4 is 10.2 Å². The second-order valence-corrected chi connectivity index (χ2v) is 23.5. The van der Waals surface area contributed by atoms with Gasteiger partial charge in [0.25, 0.3) is 0 Å². The molecule has 2 bridgehead atoms. The molecule has 4 aromatic rings. The van der Waals surface area contributed by atoms with Gasteiger partial charge in [0.15, 0.2) is 5.65 Å². The second kappa shape index (κ2) is 14.6. The Labute approximate surface area is 312 Å². The molecule has 2 aliphatic heterocycles. The van der Waals surface area contributed by atoms with Crippen LogP contribution in [0.3, 0.4) is 0 Å². The number of nitrogens with zero attached hydrogens (tertiary/aromatic N) is 6. The number of esters is 1. The van der Waals surface area contributed by atoms with E-state index in [2.05, 4.69) is 35.0 Å². The molecular weight excluding hydrogens is 698 g/mol. The number of hydrogen-bond donors (Lipinski definition) is 1. The predicted molar refractivity (Wildman–Crippen MR) is 208 cm³/mol. The standard InChI is InChI=1S/C38H54ClN7O5Si/c1-37(2,3)50-32(47)14-15-45-22-29-30(43-45)13-12-27(33(29)39)28-21-44(23-49-16-17-52(7,8)9)35-34(28)40-20-31(42-35)46-25-10-11-26(46)19-24(18-25)41-36(48)51-38(4,5)6/h12-13,20-22,24-26H,10-11,14-19,23H2,1-9H3,(H,41,48)/t24?,25-,26+. The van der Waals surface area contributed by atoms with Gasteiger partial charge in [-0.15, -0.1) is 0 Å². The van der Waals surface area contributed by atoms with Crippen LogP contribution in [0.2, 0.25) is 30.7 Å². The first-order valence-corrected chi connectivity index (χ1v) is 22.5. The molecular formula is C38H54ClN7O5Si. The van der Waals surface area contributed by atoms with Crippen LogP contribution in [0.4, 0.5) is 10.6 Å². The van der Waals surface area contributed by atoms with Gasteiger partial charge in [0.2, 0.25) is 0 Å². The third-order valence-electron chi connectivity index (χ3n) is 9.43. The molecule has 0 radical (unpaired) electrons. The molecule has 1 amide bonds. The van der Waals surface area contributed by atoms with Gasteiger partial charge < -0.3 is 29.0 Å². The molecule has 2 saturated heterocycles. The maximum absolute atomic E-state index is 12.6. The van der Waals surface area contributed by atoms with E-state index in [0.717, 1.165) is 70.7 Å². The van der Waals surface area contributed by atoms with Gasteiger partial charge in [0.05, 0.1) is 29.7 Å². The summed E-state index contributed by atoms with van der Waals surface area (Å²) in [5.74, 6) is 0.558. The van der Waals surface area contributed by atoms with E-state index in [9.17, 15) is 9.59 Å². The van der Waals surface area contributed by atoms with Crippen LogP contribution in [0, 0.1) is 0 Å². The van der Waals surface area contributed by atoms with Gasteiger partial charge in [-0.3, -0.25) is 9.48 Å². The summed E-state index contributed by atoms with van der Waals surface area (Å²) in [5.41, 5.74) is 2.82. The number of carbonyl (C=O) groups is 2. The summed E-state index contributed by atoms with van der Waals surface area (Å²) >= 11 is 7.13. The number of amides is 1. The Balaban J connectivity index is 1.28. The lowest BCUT2D eigenvalue weighted by atomic mass is 9.97. The highest BCUT2D eigenvalue weighted by atomic mass is 35.5. The molecule has 0 saturated carbocycles. The van der Waals surface area contributed by atoms with Crippen molar-refractivity contribution in [2.24, 2.45) is 0 Å². The van der Waals surface area contributed by atoms with Crippen molar-refractivity contribution in [1.82, 2.24) is 29.6 Å². The maximum atomic E-state index is 12.6. The van der Waals surface area contributed by atoms with Crippen molar-refractivity contribution in [3.63, 3.8) is 0 Å². The number of hydrogen-bond acceptors (Lipinski definition) is 9. The number of alkyl carbamates (subject to hydrolysis) is 1. The van der Waals surface area contributed by atoms with Gasteiger partial charge in [-0.2, -0.15) is 5.10 Å². The van der Waals surface area contributed by atoms with Gasteiger partial charge >= 0.3 is 12.1 Å². The zero-order valence-electron chi connectivity index (χ0n) is 32.1. The highest BCUT2D eigenvalue weighted by Crippen LogP contribution is 2.41. The summed E-state index contributed by atoms with van der Waals surface area (Å²) in [5, 5.41) is 9.13. The normalized spacial score (nSPS) is 19.4. The van der Waals surface area contributed by atoms with E-state index in [1.165, 1.54) is 0 Å². The predicted octanol–water partition coefficient (Wildman–Crippen LogP) is 8.17. The van der Waals surface area contributed by atoms with Crippen LogP contribution in [0.25, 0.3) is 33.2 Å². The Hall–Kier alpha value is -3.68. The minimum atomic E-state index is -1.27. The molecule has 282 valence electrons. The number of ether oxygens (including phenoxy) is 3. The van der Waals surface area contributed by atoms with Crippen molar-refractivity contribution in [1.29, 1.82) is 0 Å². The lowest BCUT2D eigenvalue weighted by molar-refractivity contribution is -0.155. The molecule has 0 aliphatic carbocycles. The van der Waals surface area contributed by atoms with Crippen LogP contribution in [-0.4, -0.2) is 80.4 Å². The lowest BCUT2D eigenvalue weighted by Crippen LogP contribution is -2.51. The van der Waals surface area contributed by atoms with Crippen molar-refractivity contribution < 1.29 is 23.8 Å². The maximum Gasteiger partial charge on any atom is 0.407 e. The van der Waals surface area contributed by atoms with Gasteiger partial charge in [0, 0.05) is 61.7 Å². The molecule has 2 aliphatic rings. The molecule has 1 unspecified atom stereocenters. The van der Waals surface area contributed by atoms with Gasteiger partial charge in [-0.05, 0) is 79.3 Å². The molecule has 12 nitrogen and oxygen atoms in total. The molecule has 2 fully saturated rings. The monoisotopic (exact) mass is 751 g/mol. The first kappa shape index (κ1) is 38.1. The molecule has 52 heavy (non-hydrogen) atoms. The summed E-state index contributed by atoms with van der Waals surface area (Å²) in [4.78, 5) is 37.6. The third-order valence-corrected chi connectivity index (χ3v) is 11.5. The number of carbonyl (C=O) groups excluding carboxylic acids is 2. The highest BCUT2D eigenvalue weighted by Gasteiger charge is 2.42. The number of nitrogens with one attached hydrogen (secondary N) is 1. The summed E-state index contributed by atoms with van der Waals surface area (Å²) in [7, 11) is -1.27. The number of aromatic nitrogens is 5. The third kappa shape index (κ3) is 9.09. The fourth-order valence-corrected chi connectivity index (χ4v) is 8.24. The molecule has 14 heteroatoms. The van der Waals surface area contributed by atoms with Crippen molar-refractivity contribution >= 4 is 59.6 Å². The summed E-state index contributed by atoms with van der Waals surface area (Å²) in [6.07, 6.45) is 9.34. The topological polar surface area (TPSA) is 126 Å². The molecule has 5 heterocycles. The Morgan fingerprint density at radius 3 is 2.33 bits per heavy atom. The second-order valence-electron chi connectivity index (χ2n) is 17.5. The van der Waals surface area contributed by atoms with E-state index >= 15 is 0 Å². The summed E-state index contributed by atoms with van der Waals surface area (Å²) in [6.45, 7) is 19.6. The van der Waals surface area contributed by atoms with Gasteiger partial charge in [-0.1, -0.05) is 37.3 Å². The van der Waals surface area contributed by atoms with Crippen molar-refractivity contribution in [3.05, 3.63) is 35.7 Å². The van der Waals surface area contributed by atoms with E-state index in [0.29, 0.717) is 24.9 Å². The van der Waals surface area contributed by atoms with Crippen LogP contribution in [0.1, 0.15) is 73.6 Å². The van der Waals surface area contributed by atoms with Crippen LogP contribution >= 0.6 is 11.6 Å².